The van der Waals surface area contributed by atoms with Crippen molar-refractivity contribution in [3.63, 3.8) is 0 Å². The maximum absolute atomic E-state index is 12.7. The smallest absolute Gasteiger partial charge is 0.240 e. The van der Waals surface area contributed by atoms with Crippen LogP contribution in [0.25, 0.3) is 0 Å². The van der Waals surface area contributed by atoms with E-state index in [4.69, 9.17) is 9.47 Å². The molecule has 2 aromatic rings. The number of hydrogen-bond donors (Lipinski definition) is 2. The van der Waals surface area contributed by atoms with Gasteiger partial charge >= 0.3 is 0 Å². The maximum Gasteiger partial charge on any atom is 0.240 e. The third kappa shape index (κ3) is 5.40. The quantitative estimate of drug-likeness (QED) is 0.519. The first-order chi connectivity index (χ1) is 16.5. The Kier molecular flexibility index (Phi) is 7.49. The Labute approximate surface area is 199 Å². The van der Waals surface area contributed by atoms with E-state index in [1.54, 1.807) is 18.2 Å². The first-order valence-electron chi connectivity index (χ1n) is 11.9. The summed E-state index contributed by atoms with van der Waals surface area (Å²) < 4.78 is 11.7. The van der Waals surface area contributed by atoms with Crippen molar-refractivity contribution in [3.05, 3.63) is 42.0 Å². The van der Waals surface area contributed by atoms with Gasteiger partial charge in [-0.05, 0) is 49.8 Å². The maximum atomic E-state index is 12.7. The molecule has 2 amide bonds. The highest BCUT2D eigenvalue weighted by Crippen LogP contribution is 2.37. The number of H-pyrrole nitrogens is 1. The molecule has 2 aliphatic rings. The van der Waals surface area contributed by atoms with Gasteiger partial charge in [0.25, 0.3) is 0 Å². The average Bonchev–Trinajstić information content (AvgIpc) is 3.60. The largest absolute Gasteiger partial charge is 0.493 e. The number of ether oxygens (including phenoxy) is 2. The number of methoxy groups -OCH3 is 1. The third-order valence-corrected chi connectivity index (χ3v) is 6.60. The van der Waals surface area contributed by atoms with Crippen LogP contribution in [0.4, 0.5) is 0 Å². The molecule has 2 atom stereocenters. The van der Waals surface area contributed by atoms with E-state index < -0.39 is 6.04 Å². The van der Waals surface area contributed by atoms with Gasteiger partial charge in [-0.2, -0.15) is 0 Å². The Bertz CT molecular complexity index is 1020. The molecule has 2 N–H and O–H groups in total. The number of rotatable bonds is 10. The number of nitrogens with one attached hydrogen (secondary N) is 2. The Morgan fingerprint density at radius 3 is 2.74 bits per heavy atom. The Balaban J connectivity index is 1.37. The van der Waals surface area contributed by atoms with Crippen molar-refractivity contribution >= 4 is 17.6 Å². The van der Waals surface area contributed by atoms with E-state index in [0.29, 0.717) is 30.9 Å². The molecule has 1 aromatic heterocycles. The number of benzene rings is 1. The summed E-state index contributed by atoms with van der Waals surface area (Å²) in [4.78, 5) is 46.1. The van der Waals surface area contributed by atoms with Crippen molar-refractivity contribution in [2.75, 3.05) is 20.2 Å². The predicted octanol–water partition coefficient (Wildman–Crippen LogP) is 2.83. The lowest BCUT2D eigenvalue weighted by Crippen LogP contribution is -2.46. The Morgan fingerprint density at radius 1 is 1.26 bits per heavy atom. The number of imidazole rings is 1. The molecule has 9 nitrogen and oxygen atoms in total. The molecule has 1 aliphatic heterocycles. The van der Waals surface area contributed by atoms with Crippen LogP contribution >= 0.6 is 0 Å². The third-order valence-electron chi connectivity index (χ3n) is 6.60. The summed E-state index contributed by atoms with van der Waals surface area (Å²) in [5.74, 6) is 0.837. The van der Waals surface area contributed by atoms with Crippen LogP contribution in [-0.4, -0.2) is 64.8 Å². The van der Waals surface area contributed by atoms with Gasteiger partial charge < -0.3 is 24.7 Å². The molecule has 1 aliphatic carbocycles. The van der Waals surface area contributed by atoms with E-state index in [9.17, 15) is 14.4 Å². The number of carbonyl (C=O) groups is 3. The fourth-order valence-corrected chi connectivity index (χ4v) is 4.70. The second kappa shape index (κ2) is 10.7. The molecule has 2 heterocycles. The first-order valence-corrected chi connectivity index (χ1v) is 11.9. The highest BCUT2D eigenvalue weighted by Gasteiger charge is 2.33. The summed E-state index contributed by atoms with van der Waals surface area (Å²) >= 11 is 0. The van der Waals surface area contributed by atoms with Crippen LogP contribution in [0.3, 0.4) is 0 Å². The van der Waals surface area contributed by atoms with E-state index in [-0.39, 0.29) is 42.0 Å². The van der Waals surface area contributed by atoms with E-state index in [1.165, 1.54) is 19.0 Å². The van der Waals surface area contributed by atoms with Crippen LogP contribution in [0.5, 0.6) is 11.5 Å². The van der Waals surface area contributed by atoms with Gasteiger partial charge in [-0.1, -0.05) is 13.0 Å². The number of carbonyl (C=O) groups excluding carboxylic acids is 3. The molecule has 9 heteroatoms. The van der Waals surface area contributed by atoms with Crippen molar-refractivity contribution in [3.8, 4) is 11.5 Å². The summed E-state index contributed by atoms with van der Waals surface area (Å²) in [6.45, 7) is 2.17. The van der Waals surface area contributed by atoms with E-state index in [0.717, 1.165) is 18.4 Å². The van der Waals surface area contributed by atoms with Gasteiger partial charge in [0.2, 0.25) is 17.6 Å². The molecule has 1 saturated carbocycles. The fourth-order valence-electron chi connectivity index (χ4n) is 4.70. The van der Waals surface area contributed by atoms with E-state index >= 15 is 0 Å². The van der Waals surface area contributed by atoms with Gasteiger partial charge in [0.1, 0.15) is 0 Å². The van der Waals surface area contributed by atoms with Gasteiger partial charge in [-0.15, -0.1) is 0 Å². The lowest BCUT2D eigenvalue weighted by atomic mass is 9.98. The summed E-state index contributed by atoms with van der Waals surface area (Å²) in [6.07, 6.45) is 8.44. The van der Waals surface area contributed by atoms with Crippen molar-refractivity contribution in [2.45, 2.75) is 63.5 Å². The minimum absolute atomic E-state index is 0.0381. The molecular weight excluding hydrogens is 436 g/mol. The van der Waals surface area contributed by atoms with Crippen molar-refractivity contribution in [2.24, 2.45) is 0 Å². The monoisotopic (exact) mass is 468 g/mol. The van der Waals surface area contributed by atoms with Crippen LogP contribution in [-0.2, 0) is 9.59 Å². The number of amides is 2. The molecule has 34 heavy (non-hydrogen) atoms. The number of hydrogen-bond acceptors (Lipinski definition) is 6. The highest BCUT2D eigenvalue weighted by molar-refractivity contribution is 5.99. The normalized spacial score (nSPS) is 19.3. The zero-order valence-corrected chi connectivity index (χ0v) is 19.7. The highest BCUT2D eigenvalue weighted by atomic mass is 16.5. The number of ketones is 1. The van der Waals surface area contributed by atoms with Crippen molar-refractivity contribution < 1.29 is 23.9 Å². The van der Waals surface area contributed by atoms with Crippen LogP contribution in [0.1, 0.15) is 67.5 Å². The van der Waals surface area contributed by atoms with Gasteiger partial charge in [0, 0.05) is 31.3 Å². The first kappa shape index (κ1) is 23.8. The second-order valence-corrected chi connectivity index (χ2v) is 8.94. The van der Waals surface area contributed by atoms with Crippen LogP contribution in [0, 0.1) is 0 Å². The van der Waals surface area contributed by atoms with Crippen LogP contribution < -0.4 is 14.8 Å². The topological polar surface area (TPSA) is 114 Å². The van der Waals surface area contributed by atoms with Gasteiger partial charge in [0.15, 0.2) is 17.3 Å². The number of nitrogens with zero attached hydrogens (tertiary/aromatic N) is 2. The molecule has 4 rings (SSSR count). The molecule has 0 spiro atoms. The number of likely N-dealkylation sites (tertiary alicyclic amines) is 1. The molecule has 182 valence electrons. The lowest BCUT2D eigenvalue weighted by molar-refractivity contribution is -0.133. The number of aromatic nitrogens is 2. The summed E-state index contributed by atoms with van der Waals surface area (Å²) in [5.41, 5.74) is 0.990. The fraction of sp³-hybridized carbons (Fsp3) is 0.520. The van der Waals surface area contributed by atoms with Crippen LogP contribution in [0.15, 0.2) is 30.6 Å². The average molecular weight is 469 g/mol. The van der Waals surface area contributed by atoms with Gasteiger partial charge in [-0.25, -0.2) is 4.98 Å². The molecule has 0 radical (unpaired) electrons. The Morgan fingerprint density at radius 2 is 2.06 bits per heavy atom. The molecular formula is C25H32N4O5. The summed E-state index contributed by atoms with van der Waals surface area (Å²) in [5, 5.41) is 2.74. The lowest BCUT2D eigenvalue weighted by Gasteiger charge is -2.20. The zero-order valence-electron chi connectivity index (χ0n) is 19.7. The predicted molar refractivity (Wildman–Crippen MR) is 125 cm³/mol. The summed E-state index contributed by atoms with van der Waals surface area (Å²) in [7, 11) is 1.62. The number of Topliss-reactive ketones (excluding diaryl/α,β-unsaturated/α-hetero) is 1. The molecule has 1 aromatic carbocycles. The summed E-state index contributed by atoms with van der Waals surface area (Å²) in [6, 6.07) is 5.11. The SMILES string of the molecule is CCC(NC(=O)CN1CC(c2ccc(OC)c(OC3CCCC3)c2)CC1=O)C(=O)c1ncc[nH]1. The molecule has 2 fully saturated rings. The second-order valence-electron chi connectivity index (χ2n) is 8.94. The van der Waals surface area contributed by atoms with E-state index in [2.05, 4.69) is 15.3 Å². The standard InChI is InChI=1S/C25H32N4O5/c1-3-19(24(32)25-26-10-11-27-25)28-22(30)15-29-14-17(13-23(29)31)16-8-9-20(33-2)21(12-16)34-18-6-4-5-7-18/h8-12,17-19H,3-7,13-15H2,1-2H3,(H,26,27)(H,28,30). The minimum atomic E-state index is -0.691. The minimum Gasteiger partial charge on any atom is -0.493 e. The van der Waals surface area contributed by atoms with Crippen molar-refractivity contribution in [1.29, 1.82) is 0 Å². The van der Waals surface area contributed by atoms with Crippen LogP contribution in [0.2, 0.25) is 0 Å². The van der Waals surface area contributed by atoms with E-state index in [1.807, 2.05) is 25.1 Å². The molecule has 1 saturated heterocycles. The Hall–Kier alpha value is -3.36. The van der Waals surface area contributed by atoms with Crippen molar-refractivity contribution in [1.82, 2.24) is 20.2 Å². The van der Waals surface area contributed by atoms with Gasteiger partial charge in [0.05, 0.1) is 25.8 Å². The van der Waals surface area contributed by atoms with Gasteiger partial charge in [-0.3, -0.25) is 14.4 Å². The number of aromatic amines is 1. The molecule has 2 unspecified atom stereocenters. The zero-order chi connectivity index (χ0) is 24.1. The molecule has 0 bridgehead atoms.